The predicted octanol–water partition coefficient (Wildman–Crippen LogP) is 3.12. The summed E-state index contributed by atoms with van der Waals surface area (Å²) in [6.07, 6.45) is 0.676. The highest BCUT2D eigenvalue weighted by molar-refractivity contribution is 7.10. The normalized spacial score (nSPS) is 11.5. The molecule has 0 bridgehead atoms. The number of carbonyl (C=O) groups excluding carboxylic acids is 2. The largest absolute Gasteiger partial charge is 0.493 e. The van der Waals surface area contributed by atoms with E-state index in [1.807, 2.05) is 36.6 Å². The number of methoxy groups -OCH3 is 2. The lowest BCUT2D eigenvalue weighted by molar-refractivity contribution is -0.148. The molecular formula is C19H23NO5S. The fraction of sp³-hybridized carbons (Fsp3) is 0.368. The maximum atomic E-state index is 11.9. The molecule has 0 saturated carbocycles. The molecule has 26 heavy (non-hydrogen) atoms. The van der Waals surface area contributed by atoms with Crippen molar-refractivity contribution < 1.29 is 23.8 Å². The molecule has 1 heterocycles. The van der Waals surface area contributed by atoms with Crippen molar-refractivity contribution in [2.75, 3.05) is 20.8 Å². The van der Waals surface area contributed by atoms with Gasteiger partial charge in [-0.2, -0.15) is 0 Å². The van der Waals surface area contributed by atoms with Gasteiger partial charge >= 0.3 is 5.97 Å². The molecule has 0 aliphatic carbocycles. The topological polar surface area (TPSA) is 73.9 Å². The van der Waals surface area contributed by atoms with E-state index in [9.17, 15) is 9.59 Å². The number of esters is 1. The molecule has 0 aliphatic heterocycles. The van der Waals surface area contributed by atoms with Crippen molar-refractivity contribution in [3.63, 3.8) is 0 Å². The summed E-state index contributed by atoms with van der Waals surface area (Å²) in [5.41, 5.74) is 0.926. The molecule has 0 radical (unpaired) electrons. The molecule has 1 atom stereocenters. The first-order valence-electron chi connectivity index (χ1n) is 8.22. The Kier molecular flexibility index (Phi) is 7.47. The van der Waals surface area contributed by atoms with Crippen LogP contribution < -0.4 is 14.8 Å². The SMILES string of the molecule is COc1ccc(CCC(=O)OCC(=O)N[C@H](C)c2cccs2)cc1OC. The number of thiophene rings is 1. The van der Waals surface area contributed by atoms with E-state index in [1.165, 1.54) is 0 Å². The zero-order valence-electron chi connectivity index (χ0n) is 15.1. The van der Waals surface area contributed by atoms with E-state index < -0.39 is 5.97 Å². The summed E-state index contributed by atoms with van der Waals surface area (Å²) in [5.74, 6) is 0.514. The van der Waals surface area contributed by atoms with Crippen LogP contribution in [0.1, 0.15) is 29.8 Å². The lowest BCUT2D eigenvalue weighted by Crippen LogP contribution is -2.30. The van der Waals surface area contributed by atoms with Gasteiger partial charge in [-0.05, 0) is 42.5 Å². The Morgan fingerprint density at radius 2 is 1.92 bits per heavy atom. The van der Waals surface area contributed by atoms with Crippen LogP contribution in [0.3, 0.4) is 0 Å². The minimum Gasteiger partial charge on any atom is -0.493 e. The number of carbonyl (C=O) groups is 2. The summed E-state index contributed by atoms with van der Waals surface area (Å²) in [5, 5.41) is 4.75. The smallest absolute Gasteiger partial charge is 0.306 e. The van der Waals surface area contributed by atoms with Gasteiger partial charge in [-0.15, -0.1) is 11.3 Å². The molecule has 1 amide bonds. The van der Waals surface area contributed by atoms with Crippen LogP contribution in [0.4, 0.5) is 0 Å². The van der Waals surface area contributed by atoms with Gasteiger partial charge in [-0.25, -0.2) is 0 Å². The number of amides is 1. The second-order valence-electron chi connectivity index (χ2n) is 5.65. The molecule has 2 rings (SSSR count). The van der Waals surface area contributed by atoms with Crippen LogP contribution in [0.15, 0.2) is 35.7 Å². The van der Waals surface area contributed by atoms with E-state index in [4.69, 9.17) is 14.2 Å². The Morgan fingerprint density at radius 1 is 1.15 bits per heavy atom. The number of benzene rings is 1. The van der Waals surface area contributed by atoms with Crippen LogP contribution in [0.5, 0.6) is 11.5 Å². The van der Waals surface area contributed by atoms with Crippen LogP contribution in [-0.4, -0.2) is 32.7 Å². The van der Waals surface area contributed by atoms with E-state index in [2.05, 4.69) is 5.32 Å². The molecule has 0 unspecified atom stereocenters. The second-order valence-corrected chi connectivity index (χ2v) is 6.63. The second kappa shape index (κ2) is 9.82. The number of aryl methyl sites for hydroxylation is 1. The molecule has 0 fully saturated rings. The Labute approximate surface area is 157 Å². The molecule has 1 aromatic carbocycles. The Morgan fingerprint density at radius 3 is 2.58 bits per heavy atom. The van der Waals surface area contributed by atoms with Crippen LogP contribution >= 0.6 is 11.3 Å². The molecule has 0 saturated heterocycles. The maximum absolute atomic E-state index is 11.9. The number of hydrogen-bond donors (Lipinski definition) is 1. The van der Waals surface area contributed by atoms with Crippen molar-refractivity contribution in [1.29, 1.82) is 0 Å². The third-order valence-electron chi connectivity index (χ3n) is 3.78. The van der Waals surface area contributed by atoms with Gasteiger partial charge in [-0.3, -0.25) is 9.59 Å². The van der Waals surface area contributed by atoms with Gasteiger partial charge < -0.3 is 19.5 Å². The molecule has 7 heteroatoms. The fourth-order valence-corrected chi connectivity index (χ4v) is 3.13. The van der Waals surface area contributed by atoms with Gasteiger partial charge in [0.1, 0.15) is 0 Å². The minimum absolute atomic E-state index is 0.104. The van der Waals surface area contributed by atoms with E-state index in [1.54, 1.807) is 31.6 Å². The number of hydrogen-bond acceptors (Lipinski definition) is 6. The molecular weight excluding hydrogens is 354 g/mol. The van der Waals surface area contributed by atoms with E-state index in [0.717, 1.165) is 10.4 Å². The molecule has 1 aromatic heterocycles. The van der Waals surface area contributed by atoms with E-state index >= 15 is 0 Å². The average molecular weight is 377 g/mol. The van der Waals surface area contributed by atoms with E-state index in [0.29, 0.717) is 17.9 Å². The predicted molar refractivity (Wildman–Crippen MR) is 99.7 cm³/mol. The molecule has 2 aromatic rings. The standard InChI is InChI=1S/C19H23NO5S/c1-13(17-5-4-10-26-17)20-18(21)12-25-19(22)9-7-14-6-8-15(23-2)16(11-14)24-3/h4-6,8,10-11,13H,7,9,12H2,1-3H3,(H,20,21)/t13-/m1/s1. The summed E-state index contributed by atoms with van der Waals surface area (Å²) in [6, 6.07) is 9.25. The number of ether oxygens (including phenoxy) is 3. The summed E-state index contributed by atoms with van der Waals surface area (Å²) >= 11 is 1.57. The molecule has 0 aliphatic rings. The van der Waals surface area contributed by atoms with Gasteiger partial charge in [0.2, 0.25) is 0 Å². The van der Waals surface area contributed by atoms with Gasteiger partial charge in [0, 0.05) is 11.3 Å². The van der Waals surface area contributed by atoms with Crippen LogP contribution in [-0.2, 0) is 20.7 Å². The number of nitrogens with one attached hydrogen (secondary N) is 1. The first kappa shape index (κ1) is 19.8. The van der Waals surface area contributed by atoms with Crippen LogP contribution in [0, 0.1) is 0 Å². The average Bonchev–Trinajstić information content (AvgIpc) is 3.19. The highest BCUT2D eigenvalue weighted by Gasteiger charge is 2.13. The number of rotatable bonds is 9. The van der Waals surface area contributed by atoms with Crippen molar-refractivity contribution in [3.05, 3.63) is 46.2 Å². The van der Waals surface area contributed by atoms with Crippen LogP contribution in [0.25, 0.3) is 0 Å². The van der Waals surface area contributed by atoms with Gasteiger partial charge in [0.05, 0.1) is 20.3 Å². The Balaban J connectivity index is 1.74. The monoisotopic (exact) mass is 377 g/mol. The Bertz CT molecular complexity index is 730. The highest BCUT2D eigenvalue weighted by Crippen LogP contribution is 2.28. The molecule has 6 nitrogen and oxygen atoms in total. The lowest BCUT2D eigenvalue weighted by Gasteiger charge is -2.12. The summed E-state index contributed by atoms with van der Waals surface area (Å²) in [4.78, 5) is 24.8. The third kappa shape index (κ3) is 5.77. The quantitative estimate of drug-likeness (QED) is 0.680. The van der Waals surface area contributed by atoms with Gasteiger partial charge in [0.15, 0.2) is 18.1 Å². The van der Waals surface area contributed by atoms with E-state index in [-0.39, 0.29) is 25.0 Å². The zero-order valence-corrected chi connectivity index (χ0v) is 15.9. The highest BCUT2D eigenvalue weighted by atomic mass is 32.1. The first-order valence-corrected chi connectivity index (χ1v) is 9.10. The Hall–Kier alpha value is -2.54. The fourth-order valence-electron chi connectivity index (χ4n) is 2.39. The molecule has 1 N–H and O–H groups in total. The van der Waals surface area contributed by atoms with Crippen molar-refractivity contribution in [2.45, 2.75) is 25.8 Å². The lowest BCUT2D eigenvalue weighted by atomic mass is 10.1. The maximum Gasteiger partial charge on any atom is 0.306 e. The third-order valence-corrected chi connectivity index (χ3v) is 4.83. The summed E-state index contributed by atoms with van der Waals surface area (Å²) in [6.45, 7) is 1.61. The summed E-state index contributed by atoms with van der Waals surface area (Å²) in [7, 11) is 3.13. The van der Waals surface area contributed by atoms with Gasteiger partial charge in [-0.1, -0.05) is 12.1 Å². The minimum atomic E-state index is -0.418. The van der Waals surface area contributed by atoms with Crippen LogP contribution in [0.2, 0.25) is 0 Å². The molecule has 140 valence electrons. The van der Waals surface area contributed by atoms with Crippen molar-refractivity contribution in [3.8, 4) is 11.5 Å². The van der Waals surface area contributed by atoms with Gasteiger partial charge in [0.25, 0.3) is 5.91 Å². The first-order chi connectivity index (χ1) is 12.5. The molecule has 0 spiro atoms. The summed E-state index contributed by atoms with van der Waals surface area (Å²) < 4.78 is 15.5. The van der Waals surface area contributed by atoms with Crippen molar-refractivity contribution in [2.24, 2.45) is 0 Å². The van der Waals surface area contributed by atoms with Crippen molar-refractivity contribution in [1.82, 2.24) is 5.32 Å². The van der Waals surface area contributed by atoms with Crippen molar-refractivity contribution >= 4 is 23.2 Å². The zero-order chi connectivity index (χ0) is 18.9.